The first-order valence-corrected chi connectivity index (χ1v) is 9.59. The van der Waals surface area contributed by atoms with Crippen LogP contribution >= 0.6 is 11.6 Å². The third-order valence-electron chi connectivity index (χ3n) is 5.34. The average Bonchev–Trinajstić information content (AvgIpc) is 3.40. The third-order valence-corrected chi connectivity index (χ3v) is 5.66. The van der Waals surface area contributed by atoms with Gasteiger partial charge in [0.15, 0.2) is 0 Å². The van der Waals surface area contributed by atoms with Gasteiger partial charge < -0.3 is 10.0 Å². The van der Waals surface area contributed by atoms with E-state index in [1.54, 1.807) is 15.6 Å². The lowest BCUT2D eigenvalue weighted by Crippen LogP contribution is -2.47. The van der Waals surface area contributed by atoms with Gasteiger partial charge in [0.1, 0.15) is 5.82 Å². The normalized spacial score (nSPS) is 22.7. The molecule has 2 atom stereocenters. The van der Waals surface area contributed by atoms with E-state index in [4.69, 9.17) is 11.6 Å². The first-order chi connectivity index (χ1) is 13.0. The summed E-state index contributed by atoms with van der Waals surface area (Å²) in [6.45, 7) is 2.12. The summed E-state index contributed by atoms with van der Waals surface area (Å²) < 4.78 is 1.66. The van der Waals surface area contributed by atoms with Crippen LogP contribution in [0.15, 0.2) is 24.3 Å². The predicted molar refractivity (Wildman–Crippen MR) is 99.2 cm³/mol. The van der Waals surface area contributed by atoms with Crippen molar-refractivity contribution in [3.8, 4) is 5.69 Å². The number of hydrogen-bond donors (Lipinski definition) is 1. The molecule has 142 valence electrons. The van der Waals surface area contributed by atoms with Crippen molar-refractivity contribution in [2.45, 2.75) is 44.6 Å². The zero-order valence-corrected chi connectivity index (χ0v) is 15.8. The van der Waals surface area contributed by atoms with Crippen LogP contribution in [-0.2, 0) is 4.79 Å². The SMILES string of the molecule is CC1CCC(C(=O)O)CN1C(=O)c1nc(C2CC2)n(-c2ccccc2Cl)n1. The van der Waals surface area contributed by atoms with Gasteiger partial charge in [0.25, 0.3) is 5.91 Å². The second-order valence-corrected chi connectivity index (χ2v) is 7.76. The number of piperidine rings is 1. The Labute approximate surface area is 161 Å². The van der Waals surface area contributed by atoms with E-state index in [0.717, 1.165) is 18.7 Å². The minimum absolute atomic E-state index is 0.0373. The van der Waals surface area contributed by atoms with E-state index in [1.807, 2.05) is 25.1 Å². The highest BCUT2D eigenvalue weighted by molar-refractivity contribution is 6.32. The van der Waals surface area contributed by atoms with Gasteiger partial charge in [0, 0.05) is 18.5 Å². The number of carboxylic acid groups (broad SMARTS) is 1. The summed E-state index contributed by atoms with van der Waals surface area (Å²) in [5.74, 6) is -0.603. The minimum Gasteiger partial charge on any atom is -0.481 e. The molecule has 2 aromatic rings. The second-order valence-electron chi connectivity index (χ2n) is 7.35. The highest BCUT2D eigenvalue weighted by Gasteiger charge is 2.37. The van der Waals surface area contributed by atoms with Crippen molar-refractivity contribution in [1.29, 1.82) is 0 Å². The van der Waals surface area contributed by atoms with E-state index in [2.05, 4.69) is 10.1 Å². The number of carbonyl (C=O) groups is 2. The van der Waals surface area contributed by atoms with E-state index in [-0.39, 0.29) is 30.2 Å². The van der Waals surface area contributed by atoms with Gasteiger partial charge >= 0.3 is 5.97 Å². The molecule has 4 rings (SSSR count). The van der Waals surface area contributed by atoms with Crippen LogP contribution in [0.5, 0.6) is 0 Å². The molecule has 1 N–H and O–H groups in total. The molecule has 1 amide bonds. The van der Waals surface area contributed by atoms with Crippen LogP contribution in [0.2, 0.25) is 5.02 Å². The third kappa shape index (κ3) is 3.43. The standard InChI is InChI=1S/C19H21ClN4O3/c1-11-6-7-13(19(26)27)10-23(11)18(25)16-21-17(12-8-9-12)24(22-16)15-5-3-2-4-14(15)20/h2-5,11-13H,6-10H2,1H3,(H,26,27). The molecule has 0 bridgehead atoms. The molecule has 2 aliphatic rings. The Bertz CT molecular complexity index is 893. The van der Waals surface area contributed by atoms with Crippen LogP contribution in [0.3, 0.4) is 0 Å². The molecule has 0 radical (unpaired) electrons. The molecule has 2 fully saturated rings. The van der Waals surface area contributed by atoms with Crippen molar-refractivity contribution in [1.82, 2.24) is 19.7 Å². The molecule has 2 unspecified atom stereocenters. The van der Waals surface area contributed by atoms with E-state index in [1.165, 1.54) is 0 Å². The number of likely N-dealkylation sites (tertiary alicyclic amines) is 1. The van der Waals surface area contributed by atoms with E-state index in [9.17, 15) is 14.7 Å². The van der Waals surface area contributed by atoms with Gasteiger partial charge in [0.2, 0.25) is 5.82 Å². The van der Waals surface area contributed by atoms with E-state index < -0.39 is 11.9 Å². The van der Waals surface area contributed by atoms with Crippen molar-refractivity contribution in [2.75, 3.05) is 6.54 Å². The van der Waals surface area contributed by atoms with E-state index in [0.29, 0.717) is 23.6 Å². The number of benzene rings is 1. The monoisotopic (exact) mass is 388 g/mol. The molecule has 0 spiro atoms. The molecule has 1 saturated carbocycles. The van der Waals surface area contributed by atoms with Crippen molar-refractivity contribution in [2.24, 2.45) is 5.92 Å². The van der Waals surface area contributed by atoms with Gasteiger partial charge in [0.05, 0.1) is 16.6 Å². The van der Waals surface area contributed by atoms with Gasteiger partial charge in [-0.3, -0.25) is 9.59 Å². The summed E-state index contributed by atoms with van der Waals surface area (Å²) in [5, 5.41) is 14.3. The van der Waals surface area contributed by atoms with Crippen LogP contribution in [0.4, 0.5) is 0 Å². The number of carboxylic acids is 1. The van der Waals surface area contributed by atoms with Crippen molar-refractivity contribution in [3.63, 3.8) is 0 Å². The molecule has 1 saturated heterocycles. The van der Waals surface area contributed by atoms with Crippen molar-refractivity contribution in [3.05, 3.63) is 40.9 Å². The van der Waals surface area contributed by atoms with Crippen LogP contribution in [-0.4, -0.2) is 49.2 Å². The fourth-order valence-corrected chi connectivity index (χ4v) is 3.76. The Balaban J connectivity index is 1.68. The number of carbonyl (C=O) groups excluding carboxylic acids is 1. The van der Waals surface area contributed by atoms with Gasteiger partial charge in [-0.1, -0.05) is 23.7 Å². The largest absolute Gasteiger partial charge is 0.481 e. The van der Waals surface area contributed by atoms with Gasteiger partial charge in [-0.2, -0.15) is 0 Å². The van der Waals surface area contributed by atoms with Crippen LogP contribution in [0.1, 0.15) is 55.0 Å². The zero-order valence-electron chi connectivity index (χ0n) is 15.0. The maximum atomic E-state index is 13.1. The lowest BCUT2D eigenvalue weighted by molar-refractivity contribution is -0.143. The Morgan fingerprint density at radius 3 is 2.59 bits per heavy atom. The summed E-state index contributed by atoms with van der Waals surface area (Å²) in [6.07, 6.45) is 3.26. The minimum atomic E-state index is -0.868. The van der Waals surface area contributed by atoms with Crippen LogP contribution in [0, 0.1) is 5.92 Å². The molecule has 7 nitrogen and oxygen atoms in total. The number of rotatable bonds is 4. The summed E-state index contributed by atoms with van der Waals surface area (Å²) in [4.78, 5) is 30.5. The smallest absolute Gasteiger partial charge is 0.308 e. The summed E-state index contributed by atoms with van der Waals surface area (Å²) in [6, 6.07) is 7.30. The molecule has 1 aliphatic heterocycles. The van der Waals surface area contributed by atoms with Gasteiger partial charge in [-0.15, -0.1) is 5.10 Å². The Morgan fingerprint density at radius 2 is 1.93 bits per heavy atom. The van der Waals surface area contributed by atoms with E-state index >= 15 is 0 Å². The highest BCUT2D eigenvalue weighted by atomic mass is 35.5. The number of halogens is 1. The first kappa shape index (κ1) is 18.0. The molecule has 8 heteroatoms. The van der Waals surface area contributed by atoms with Crippen LogP contribution in [0.25, 0.3) is 5.69 Å². The number of aromatic nitrogens is 3. The maximum Gasteiger partial charge on any atom is 0.308 e. The Kier molecular flexibility index (Phi) is 4.63. The van der Waals surface area contributed by atoms with Crippen molar-refractivity contribution < 1.29 is 14.7 Å². The first-order valence-electron chi connectivity index (χ1n) is 9.21. The molecule has 1 aliphatic carbocycles. The molecule has 1 aromatic carbocycles. The Hall–Kier alpha value is -2.41. The summed E-state index contributed by atoms with van der Waals surface area (Å²) in [7, 11) is 0. The maximum absolute atomic E-state index is 13.1. The zero-order chi connectivity index (χ0) is 19.1. The fraction of sp³-hybridized carbons (Fsp3) is 0.474. The topological polar surface area (TPSA) is 88.3 Å². The number of amides is 1. The summed E-state index contributed by atoms with van der Waals surface area (Å²) >= 11 is 6.32. The number of aliphatic carboxylic acids is 1. The molecular weight excluding hydrogens is 368 g/mol. The van der Waals surface area contributed by atoms with Crippen molar-refractivity contribution >= 4 is 23.5 Å². The second kappa shape index (κ2) is 6.96. The Morgan fingerprint density at radius 1 is 1.19 bits per heavy atom. The lowest BCUT2D eigenvalue weighted by Gasteiger charge is -2.35. The lowest BCUT2D eigenvalue weighted by atomic mass is 9.93. The summed E-state index contributed by atoms with van der Waals surface area (Å²) in [5.41, 5.74) is 0.697. The molecule has 1 aromatic heterocycles. The number of nitrogens with zero attached hydrogens (tertiary/aromatic N) is 4. The average molecular weight is 389 g/mol. The quantitative estimate of drug-likeness (QED) is 0.869. The number of para-hydroxylation sites is 1. The molecule has 2 heterocycles. The molecular formula is C19H21ClN4O3. The fourth-order valence-electron chi connectivity index (χ4n) is 3.54. The predicted octanol–water partition coefficient (Wildman–Crippen LogP) is 3.12. The molecule has 27 heavy (non-hydrogen) atoms. The highest BCUT2D eigenvalue weighted by Crippen LogP contribution is 2.40. The van der Waals surface area contributed by atoms with Crippen LogP contribution < -0.4 is 0 Å². The van der Waals surface area contributed by atoms with Gasteiger partial charge in [-0.25, -0.2) is 9.67 Å². The number of hydrogen-bond acceptors (Lipinski definition) is 4. The van der Waals surface area contributed by atoms with Gasteiger partial charge in [-0.05, 0) is 44.7 Å².